The topological polar surface area (TPSA) is 41.6 Å². The summed E-state index contributed by atoms with van der Waals surface area (Å²) >= 11 is 5.95. The third-order valence-corrected chi connectivity index (χ3v) is 4.11. The number of hydrogen-bond acceptors (Lipinski definition) is 2. The fourth-order valence-electron chi connectivity index (χ4n) is 2.59. The third-order valence-electron chi connectivity index (χ3n) is 3.88. The van der Waals surface area contributed by atoms with Crippen LogP contribution in [0.2, 0.25) is 5.02 Å². The number of aryl methyl sites for hydroxylation is 1. The zero-order valence-electron chi connectivity index (χ0n) is 13.0. The summed E-state index contributed by atoms with van der Waals surface area (Å²) in [6.07, 6.45) is -0.0885. The molecule has 0 radical (unpaired) electrons. The summed E-state index contributed by atoms with van der Waals surface area (Å²) in [7, 11) is 0. The maximum atomic E-state index is 12.4. The molecular formula is C18H19ClN2O2. The SMILES string of the molecule is Cc1ccc(C2CN(C(=O)Nc3cccc(Cl)c3)CCO2)cc1. The van der Waals surface area contributed by atoms with Crippen molar-refractivity contribution in [1.82, 2.24) is 4.90 Å². The minimum Gasteiger partial charge on any atom is -0.370 e. The molecule has 0 bridgehead atoms. The van der Waals surface area contributed by atoms with Gasteiger partial charge in [-0.15, -0.1) is 0 Å². The monoisotopic (exact) mass is 330 g/mol. The van der Waals surface area contributed by atoms with Crippen molar-refractivity contribution in [2.24, 2.45) is 0 Å². The van der Waals surface area contributed by atoms with Crippen LogP contribution in [0.25, 0.3) is 0 Å². The Balaban J connectivity index is 1.65. The predicted octanol–water partition coefficient (Wildman–Crippen LogP) is 4.25. The molecule has 23 heavy (non-hydrogen) atoms. The quantitative estimate of drug-likeness (QED) is 0.894. The Morgan fingerprint density at radius 1 is 1.26 bits per heavy atom. The molecule has 3 rings (SSSR count). The van der Waals surface area contributed by atoms with Crippen molar-refractivity contribution in [3.05, 3.63) is 64.7 Å². The normalized spacial score (nSPS) is 17.8. The second kappa shape index (κ2) is 7.02. The molecule has 1 aliphatic rings. The molecule has 2 amide bonds. The van der Waals surface area contributed by atoms with Gasteiger partial charge in [0.05, 0.1) is 13.2 Å². The average molecular weight is 331 g/mol. The molecule has 1 heterocycles. The Bertz CT molecular complexity index is 688. The van der Waals surface area contributed by atoms with Gasteiger partial charge in [0, 0.05) is 17.3 Å². The lowest BCUT2D eigenvalue weighted by Gasteiger charge is -2.33. The van der Waals surface area contributed by atoms with E-state index in [4.69, 9.17) is 16.3 Å². The van der Waals surface area contributed by atoms with E-state index in [1.807, 2.05) is 12.1 Å². The number of amides is 2. The Kier molecular flexibility index (Phi) is 4.84. The van der Waals surface area contributed by atoms with Gasteiger partial charge in [-0.3, -0.25) is 0 Å². The van der Waals surface area contributed by atoms with E-state index in [0.717, 1.165) is 5.56 Å². The molecule has 0 aromatic heterocycles. The van der Waals surface area contributed by atoms with Gasteiger partial charge in [-0.05, 0) is 30.7 Å². The van der Waals surface area contributed by atoms with E-state index >= 15 is 0 Å². The van der Waals surface area contributed by atoms with Gasteiger partial charge in [-0.25, -0.2) is 4.79 Å². The van der Waals surface area contributed by atoms with Crippen LogP contribution in [0.4, 0.5) is 10.5 Å². The number of carbonyl (C=O) groups is 1. The fraction of sp³-hybridized carbons (Fsp3) is 0.278. The number of hydrogen-bond donors (Lipinski definition) is 1. The van der Waals surface area contributed by atoms with Crippen LogP contribution in [0.3, 0.4) is 0 Å². The Morgan fingerprint density at radius 3 is 2.78 bits per heavy atom. The number of carbonyl (C=O) groups excluding carboxylic acids is 1. The molecule has 4 nitrogen and oxygen atoms in total. The minimum absolute atomic E-state index is 0.0885. The molecular weight excluding hydrogens is 312 g/mol. The zero-order valence-corrected chi connectivity index (χ0v) is 13.7. The van der Waals surface area contributed by atoms with Crippen LogP contribution in [0.15, 0.2) is 48.5 Å². The summed E-state index contributed by atoms with van der Waals surface area (Å²) in [6, 6.07) is 15.2. The first kappa shape index (κ1) is 15.8. The van der Waals surface area contributed by atoms with Gasteiger partial charge in [-0.2, -0.15) is 0 Å². The van der Waals surface area contributed by atoms with Crippen molar-refractivity contribution in [3.8, 4) is 0 Å². The van der Waals surface area contributed by atoms with Gasteiger partial charge in [0.2, 0.25) is 0 Å². The predicted molar refractivity (Wildman–Crippen MR) is 91.9 cm³/mol. The molecule has 2 aromatic rings. The van der Waals surface area contributed by atoms with E-state index < -0.39 is 0 Å². The summed E-state index contributed by atoms with van der Waals surface area (Å²) in [5, 5.41) is 3.48. The molecule has 5 heteroatoms. The Labute approximate surface area is 141 Å². The number of morpholine rings is 1. The molecule has 1 atom stereocenters. The van der Waals surface area contributed by atoms with Gasteiger partial charge in [0.1, 0.15) is 6.10 Å². The Morgan fingerprint density at radius 2 is 2.04 bits per heavy atom. The number of urea groups is 1. The highest BCUT2D eigenvalue weighted by molar-refractivity contribution is 6.30. The highest BCUT2D eigenvalue weighted by Gasteiger charge is 2.25. The average Bonchev–Trinajstić information content (AvgIpc) is 2.56. The van der Waals surface area contributed by atoms with E-state index in [1.165, 1.54) is 5.56 Å². The second-order valence-electron chi connectivity index (χ2n) is 5.66. The van der Waals surface area contributed by atoms with Gasteiger partial charge >= 0.3 is 6.03 Å². The van der Waals surface area contributed by atoms with Crippen molar-refractivity contribution in [2.75, 3.05) is 25.0 Å². The van der Waals surface area contributed by atoms with E-state index in [1.54, 1.807) is 17.0 Å². The lowest BCUT2D eigenvalue weighted by Crippen LogP contribution is -2.44. The molecule has 0 aliphatic carbocycles. The van der Waals surface area contributed by atoms with Crippen molar-refractivity contribution in [1.29, 1.82) is 0 Å². The van der Waals surface area contributed by atoms with Crippen LogP contribution in [0.1, 0.15) is 17.2 Å². The van der Waals surface area contributed by atoms with Gasteiger partial charge in [0.25, 0.3) is 0 Å². The van der Waals surface area contributed by atoms with Crippen molar-refractivity contribution in [3.63, 3.8) is 0 Å². The third kappa shape index (κ3) is 4.03. The molecule has 1 unspecified atom stereocenters. The van der Waals surface area contributed by atoms with Crippen LogP contribution < -0.4 is 5.32 Å². The molecule has 1 aliphatic heterocycles. The molecule has 1 saturated heterocycles. The van der Waals surface area contributed by atoms with Crippen LogP contribution in [0, 0.1) is 6.92 Å². The molecule has 2 aromatic carbocycles. The van der Waals surface area contributed by atoms with Crippen molar-refractivity contribution < 1.29 is 9.53 Å². The van der Waals surface area contributed by atoms with Crippen LogP contribution in [0.5, 0.6) is 0 Å². The lowest BCUT2D eigenvalue weighted by molar-refractivity contribution is -0.0135. The van der Waals surface area contributed by atoms with Gasteiger partial charge in [0.15, 0.2) is 0 Å². The highest BCUT2D eigenvalue weighted by atomic mass is 35.5. The van der Waals surface area contributed by atoms with Gasteiger partial charge in [-0.1, -0.05) is 47.5 Å². The summed E-state index contributed by atoms with van der Waals surface area (Å²) in [5.41, 5.74) is 3.00. The summed E-state index contributed by atoms with van der Waals surface area (Å²) < 4.78 is 5.81. The minimum atomic E-state index is -0.132. The van der Waals surface area contributed by atoms with Crippen LogP contribution in [-0.2, 0) is 4.74 Å². The molecule has 0 spiro atoms. The largest absolute Gasteiger partial charge is 0.370 e. The summed E-state index contributed by atoms with van der Waals surface area (Å²) in [5.74, 6) is 0. The number of anilines is 1. The standard InChI is InChI=1S/C18H19ClN2O2/c1-13-5-7-14(8-6-13)17-12-21(9-10-23-17)18(22)20-16-4-2-3-15(19)11-16/h2-8,11,17H,9-10,12H2,1H3,(H,20,22). The number of nitrogens with one attached hydrogen (secondary N) is 1. The Hall–Kier alpha value is -2.04. The van der Waals surface area contributed by atoms with E-state index in [-0.39, 0.29) is 12.1 Å². The smallest absolute Gasteiger partial charge is 0.322 e. The number of rotatable bonds is 2. The second-order valence-corrected chi connectivity index (χ2v) is 6.09. The first-order chi connectivity index (χ1) is 11.1. The maximum Gasteiger partial charge on any atom is 0.322 e. The maximum absolute atomic E-state index is 12.4. The van der Waals surface area contributed by atoms with Crippen LogP contribution in [-0.4, -0.2) is 30.6 Å². The van der Waals surface area contributed by atoms with E-state index in [0.29, 0.717) is 30.4 Å². The number of ether oxygens (including phenoxy) is 1. The highest BCUT2D eigenvalue weighted by Crippen LogP contribution is 2.23. The zero-order chi connectivity index (χ0) is 16.2. The van der Waals surface area contributed by atoms with Gasteiger partial charge < -0.3 is 15.0 Å². The van der Waals surface area contributed by atoms with E-state index in [2.05, 4.69) is 36.5 Å². The summed E-state index contributed by atoms with van der Waals surface area (Å²) in [4.78, 5) is 14.2. The fourth-order valence-corrected chi connectivity index (χ4v) is 2.78. The first-order valence-corrected chi connectivity index (χ1v) is 7.99. The van der Waals surface area contributed by atoms with Crippen LogP contribution >= 0.6 is 11.6 Å². The number of benzene rings is 2. The number of halogens is 1. The van der Waals surface area contributed by atoms with E-state index in [9.17, 15) is 4.79 Å². The summed E-state index contributed by atoms with van der Waals surface area (Å²) in [6.45, 7) is 3.70. The van der Waals surface area contributed by atoms with Crippen molar-refractivity contribution >= 4 is 23.3 Å². The van der Waals surface area contributed by atoms with Crippen molar-refractivity contribution in [2.45, 2.75) is 13.0 Å². The molecule has 120 valence electrons. The molecule has 1 N–H and O–H groups in total. The molecule has 0 saturated carbocycles. The first-order valence-electron chi connectivity index (χ1n) is 7.61. The molecule has 1 fully saturated rings. The lowest BCUT2D eigenvalue weighted by atomic mass is 10.1. The number of nitrogens with zero attached hydrogens (tertiary/aromatic N) is 1.